The highest BCUT2D eigenvalue weighted by Gasteiger charge is 2.32. The van der Waals surface area contributed by atoms with E-state index in [2.05, 4.69) is 30.6 Å². The van der Waals surface area contributed by atoms with Gasteiger partial charge in [-0.1, -0.05) is 20.8 Å². The number of methoxy groups -OCH3 is 2. The molecule has 0 amide bonds. The van der Waals surface area contributed by atoms with E-state index in [1.165, 1.54) is 25.7 Å². The van der Waals surface area contributed by atoms with E-state index in [1.54, 1.807) is 14.2 Å². The predicted octanol–water partition coefficient (Wildman–Crippen LogP) is 1.74. The lowest BCUT2D eigenvalue weighted by Crippen LogP contribution is -2.49. The Kier molecular flexibility index (Phi) is 15.2. The van der Waals surface area contributed by atoms with Crippen LogP contribution >= 0.6 is 0 Å². The van der Waals surface area contributed by atoms with Gasteiger partial charge in [0.1, 0.15) is 0 Å². The summed E-state index contributed by atoms with van der Waals surface area (Å²) in [4.78, 5) is 5.11. The fourth-order valence-electron chi connectivity index (χ4n) is 5.32. The highest BCUT2D eigenvalue weighted by molar-refractivity contribution is 4.88. The quantitative estimate of drug-likeness (QED) is 0.422. The molecule has 6 N–H and O–H groups in total. The van der Waals surface area contributed by atoms with E-state index < -0.39 is 0 Å². The van der Waals surface area contributed by atoms with Gasteiger partial charge in [-0.25, -0.2) is 0 Å². The number of ether oxygens (including phenoxy) is 2. The predicted molar refractivity (Wildman–Crippen MR) is 131 cm³/mol. The van der Waals surface area contributed by atoms with Gasteiger partial charge in [0.2, 0.25) is 0 Å². The minimum Gasteiger partial charge on any atom is -0.384 e. The second kappa shape index (κ2) is 16.4. The van der Waals surface area contributed by atoms with Crippen LogP contribution in [0.15, 0.2) is 0 Å². The molecule has 0 aromatic carbocycles. The number of hydrogen-bond acceptors (Lipinski definition) is 7. The third kappa shape index (κ3) is 10.0. The molecular weight excluding hydrogens is 390 g/mol. The topological polar surface area (TPSA) is 103 Å². The summed E-state index contributed by atoms with van der Waals surface area (Å²) in [7, 11) is 3.54. The summed E-state index contributed by atoms with van der Waals surface area (Å²) in [5.41, 5.74) is 17.4. The van der Waals surface area contributed by atoms with Gasteiger partial charge in [-0.3, -0.25) is 9.80 Å². The van der Waals surface area contributed by atoms with Crippen molar-refractivity contribution in [3.63, 3.8) is 0 Å². The second-order valence-corrected chi connectivity index (χ2v) is 9.86. The van der Waals surface area contributed by atoms with Crippen molar-refractivity contribution in [1.29, 1.82) is 0 Å². The van der Waals surface area contributed by atoms with E-state index in [-0.39, 0.29) is 0 Å². The van der Waals surface area contributed by atoms with Crippen LogP contribution in [0.5, 0.6) is 0 Å². The number of hydrogen-bond donors (Lipinski definition) is 3. The first-order valence-corrected chi connectivity index (χ1v) is 12.5. The molecule has 2 heterocycles. The lowest BCUT2D eigenvalue weighted by Gasteiger charge is -2.39. The van der Waals surface area contributed by atoms with E-state index >= 15 is 0 Å². The summed E-state index contributed by atoms with van der Waals surface area (Å²) in [5.74, 6) is 1.85. The molecule has 7 nitrogen and oxygen atoms in total. The van der Waals surface area contributed by atoms with Crippen LogP contribution in [-0.4, -0.2) is 94.6 Å². The molecule has 6 atom stereocenters. The van der Waals surface area contributed by atoms with Crippen molar-refractivity contribution in [2.75, 3.05) is 66.7 Å². The number of likely N-dealkylation sites (tertiary alicyclic amines) is 2. The van der Waals surface area contributed by atoms with Crippen molar-refractivity contribution < 1.29 is 9.47 Å². The molecule has 0 aromatic heterocycles. The SMILES string of the molecule is CCC1CCC(CN)N1CC(C)COC.COCC(C)CN1CCC(CN)CC1CN. The van der Waals surface area contributed by atoms with Gasteiger partial charge in [0.25, 0.3) is 0 Å². The monoisotopic (exact) mass is 443 g/mol. The summed E-state index contributed by atoms with van der Waals surface area (Å²) in [6.45, 7) is 14.1. The molecule has 0 spiro atoms. The first-order valence-electron chi connectivity index (χ1n) is 12.5. The number of nitrogens with zero attached hydrogens (tertiary/aromatic N) is 2. The summed E-state index contributed by atoms with van der Waals surface area (Å²) in [6.07, 6.45) is 6.21. The molecule has 0 bridgehead atoms. The molecule has 2 saturated heterocycles. The lowest BCUT2D eigenvalue weighted by molar-refractivity contribution is 0.0758. The van der Waals surface area contributed by atoms with Gasteiger partial charge in [0, 0.05) is 71.7 Å². The minimum atomic E-state index is 0.515. The van der Waals surface area contributed by atoms with Crippen LogP contribution in [0.25, 0.3) is 0 Å². The zero-order valence-electron chi connectivity index (χ0n) is 21.1. The average molecular weight is 444 g/mol. The van der Waals surface area contributed by atoms with E-state index in [4.69, 9.17) is 26.7 Å². The van der Waals surface area contributed by atoms with Crippen LogP contribution in [0.4, 0.5) is 0 Å². The fourth-order valence-corrected chi connectivity index (χ4v) is 5.32. The van der Waals surface area contributed by atoms with E-state index in [0.717, 1.165) is 64.9 Å². The zero-order chi connectivity index (χ0) is 23.2. The Balaban J connectivity index is 0.000000311. The molecule has 0 aromatic rings. The number of rotatable bonds is 12. The molecule has 186 valence electrons. The molecule has 2 aliphatic rings. The molecule has 2 fully saturated rings. The molecule has 0 saturated carbocycles. The first kappa shape index (κ1) is 28.8. The Bertz CT molecular complexity index is 430. The molecule has 6 unspecified atom stereocenters. The highest BCUT2D eigenvalue weighted by atomic mass is 16.5. The summed E-state index contributed by atoms with van der Waals surface area (Å²) in [5, 5.41) is 0. The van der Waals surface area contributed by atoms with Crippen LogP contribution in [0.3, 0.4) is 0 Å². The van der Waals surface area contributed by atoms with Gasteiger partial charge in [-0.2, -0.15) is 0 Å². The zero-order valence-corrected chi connectivity index (χ0v) is 21.1. The summed E-state index contributed by atoms with van der Waals surface area (Å²) < 4.78 is 10.4. The molecule has 0 radical (unpaired) electrons. The molecule has 0 aliphatic carbocycles. The van der Waals surface area contributed by atoms with Crippen molar-refractivity contribution in [2.24, 2.45) is 35.0 Å². The van der Waals surface area contributed by atoms with Crippen molar-refractivity contribution in [3.8, 4) is 0 Å². The van der Waals surface area contributed by atoms with Crippen LogP contribution in [-0.2, 0) is 9.47 Å². The third-order valence-corrected chi connectivity index (χ3v) is 7.04. The standard InChI is InChI=1S/C12H27N3O.C12H26N2O/c1-10(9-16-2)8-15-4-3-11(6-13)5-12(15)7-14;1-4-11-5-6-12(7-13)14(11)8-10(2)9-15-3/h10-12H,3-9,13-14H2,1-2H3;10-12H,4-9,13H2,1-3H3. The Morgan fingerprint density at radius 2 is 1.39 bits per heavy atom. The van der Waals surface area contributed by atoms with Crippen LogP contribution in [0, 0.1) is 17.8 Å². The first-order chi connectivity index (χ1) is 14.9. The van der Waals surface area contributed by atoms with Crippen molar-refractivity contribution in [2.45, 2.75) is 71.0 Å². The molecule has 2 rings (SSSR count). The molecular formula is C24H53N5O2. The maximum Gasteiger partial charge on any atom is 0.0500 e. The second-order valence-electron chi connectivity index (χ2n) is 9.86. The highest BCUT2D eigenvalue weighted by Crippen LogP contribution is 2.26. The van der Waals surface area contributed by atoms with Gasteiger partial charge in [0.05, 0.1) is 0 Å². The number of piperidine rings is 1. The number of nitrogens with two attached hydrogens (primary N) is 3. The van der Waals surface area contributed by atoms with Crippen LogP contribution in [0.2, 0.25) is 0 Å². The van der Waals surface area contributed by atoms with Crippen LogP contribution in [0.1, 0.15) is 52.9 Å². The Hall–Kier alpha value is -0.280. The van der Waals surface area contributed by atoms with Crippen molar-refractivity contribution in [1.82, 2.24) is 9.80 Å². The van der Waals surface area contributed by atoms with E-state index in [9.17, 15) is 0 Å². The van der Waals surface area contributed by atoms with E-state index in [0.29, 0.717) is 29.8 Å². The Morgan fingerprint density at radius 1 is 0.806 bits per heavy atom. The Morgan fingerprint density at radius 3 is 1.90 bits per heavy atom. The maximum absolute atomic E-state index is 5.85. The van der Waals surface area contributed by atoms with Gasteiger partial charge in [-0.15, -0.1) is 0 Å². The van der Waals surface area contributed by atoms with Gasteiger partial charge in [0.15, 0.2) is 0 Å². The third-order valence-electron chi connectivity index (χ3n) is 7.04. The Labute approximate surface area is 192 Å². The fraction of sp³-hybridized carbons (Fsp3) is 1.00. The van der Waals surface area contributed by atoms with E-state index in [1.807, 2.05) is 0 Å². The van der Waals surface area contributed by atoms with Crippen LogP contribution < -0.4 is 17.2 Å². The van der Waals surface area contributed by atoms with Gasteiger partial charge >= 0.3 is 0 Å². The maximum atomic E-state index is 5.85. The molecule has 31 heavy (non-hydrogen) atoms. The lowest BCUT2D eigenvalue weighted by atomic mass is 9.90. The summed E-state index contributed by atoms with van der Waals surface area (Å²) in [6, 6.07) is 1.87. The summed E-state index contributed by atoms with van der Waals surface area (Å²) >= 11 is 0. The normalized spacial score (nSPS) is 29.4. The van der Waals surface area contributed by atoms with Crippen molar-refractivity contribution >= 4 is 0 Å². The molecule has 2 aliphatic heterocycles. The largest absolute Gasteiger partial charge is 0.384 e. The van der Waals surface area contributed by atoms with Gasteiger partial charge in [-0.05, 0) is 62.9 Å². The average Bonchev–Trinajstić information content (AvgIpc) is 3.16. The van der Waals surface area contributed by atoms with Gasteiger partial charge < -0.3 is 26.7 Å². The minimum absolute atomic E-state index is 0.515. The van der Waals surface area contributed by atoms with Crippen molar-refractivity contribution in [3.05, 3.63) is 0 Å². The smallest absolute Gasteiger partial charge is 0.0500 e. The molecule has 7 heteroatoms.